The van der Waals surface area contributed by atoms with Crippen molar-refractivity contribution in [3.05, 3.63) is 81.9 Å². The zero-order valence-electron chi connectivity index (χ0n) is 16.1. The van der Waals surface area contributed by atoms with Gasteiger partial charge in [0.2, 0.25) is 0 Å². The Labute approximate surface area is 172 Å². The largest absolute Gasteiger partial charge is 0.360 e. The SMILES string of the molecule is CCc1cccc2c(C(=O)CSc3n[nH]c(=O)n3CCc3ccccc3)c[nH]c12. The molecule has 7 heteroatoms. The number of hydrogen-bond donors (Lipinski definition) is 2. The molecule has 0 fully saturated rings. The topological polar surface area (TPSA) is 83.5 Å². The summed E-state index contributed by atoms with van der Waals surface area (Å²) in [5.74, 6) is 0.235. The molecule has 0 spiro atoms. The summed E-state index contributed by atoms with van der Waals surface area (Å²) in [6.45, 7) is 2.61. The first kappa shape index (κ1) is 19.3. The van der Waals surface area contributed by atoms with Crippen molar-refractivity contribution in [2.45, 2.75) is 31.5 Å². The number of rotatable bonds is 8. The Bertz CT molecular complexity index is 1190. The van der Waals surface area contributed by atoms with Gasteiger partial charge in [-0.2, -0.15) is 0 Å². The van der Waals surface area contributed by atoms with E-state index < -0.39 is 0 Å². The number of aromatic nitrogens is 4. The number of fused-ring (bicyclic) bond motifs is 1. The van der Waals surface area contributed by atoms with E-state index in [1.807, 2.05) is 42.5 Å². The van der Waals surface area contributed by atoms with Crippen LogP contribution in [0.2, 0.25) is 0 Å². The highest BCUT2D eigenvalue weighted by molar-refractivity contribution is 7.99. The monoisotopic (exact) mass is 406 g/mol. The molecule has 0 atom stereocenters. The Morgan fingerprint density at radius 3 is 2.76 bits per heavy atom. The number of H-pyrrole nitrogens is 2. The van der Waals surface area contributed by atoms with Crippen molar-refractivity contribution in [1.29, 1.82) is 0 Å². The minimum Gasteiger partial charge on any atom is -0.360 e. The number of Topliss-reactive ketones (excluding diaryl/α,β-unsaturated/α-hetero) is 1. The molecule has 0 aliphatic carbocycles. The summed E-state index contributed by atoms with van der Waals surface area (Å²) in [6, 6.07) is 16.0. The summed E-state index contributed by atoms with van der Waals surface area (Å²) in [4.78, 5) is 28.2. The van der Waals surface area contributed by atoms with Gasteiger partial charge in [0.15, 0.2) is 10.9 Å². The Hall–Kier alpha value is -3.06. The summed E-state index contributed by atoms with van der Waals surface area (Å²) in [7, 11) is 0. The second-order valence-corrected chi connectivity index (χ2v) is 7.75. The van der Waals surface area contributed by atoms with Crippen LogP contribution in [0.3, 0.4) is 0 Å². The molecule has 0 saturated heterocycles. The summed E-state index contributed by atoms with van der Waals surface area (Å²) >= 11 is 1.29. The van der Waals surface area contributed by atoms with Crippen molar-refractivity contribution in [2.75, 3.05) is 5.75 Å². The fourth-order valence-corrected chi connectivity index (χ4v) is 4.30. The van der Waals surface area contributed by atoms with Crippen LogP contribution in [0.15, 0.2) is 64.7 Å². The number of benzene rings is 2. The molecular formula is C22H22N4O2S. The molecule has 2 aromatic carbocycles. The van der Waals surface area contributed by atoms with Crippen molar-refractivity contribution in [2.24, 2.45) is 0 Å². The first-order valence-corrected chi connectivity index (χ1v) is 10.6. The number of nitrogens with zero attached hydrogens (tertiary/aromatic N) is 2. The minimum absolute atomic E-state index is 0.0135. The molecule has 0 saturated carbocycles. The van der Waals surface area contributed by atoms with Gasteiger partial charge in [-0.3, -0.25) is 9.36 Å². The van der Waals surface area contributed by atoms with E-state index in [0.29, 0.717) is 17.3 Å². The van der Waals surface area contributed by atoms with Gasteiger partial charge in [-0.15, -0.1) is 5.10 Å². The van der Waals surface area contributed by atoms with Gasteiger partial charge in [-0.05, 0) is 24.0 Å². The number of nitrogens with one attached hydrogen (secondary N) is 2. The Morgan fingerprint density at radius 2 is 1.97 bits per heavy atom. The maximum Gasteiger partial charge on any atom is 0.343 e. The summed E-state index contributed by atoms with van der Waals surface area (Å²) in [5.41, 5.74) is 3.78. The number of thioether (sulfide) groups is 1. The highest BCUT2D eigenvalue weighted by Crippen LogP contribution is 2.24. The fourth-order valence-electron chi connectivity index (χ4n) is 3.45. The maximum atomic E-state index is 12.8. The van der Waals surface area contributed by atoms with Crippen LogP contribution in [0.25, 0.3) is 10.9 Å². The van der Waals surface area contributed by atoms with Crippen LogP contribution in [0, 0.1) is 0 Å². The van der Waals surface area contributed by atoms with E-state index in [2.05, 4.69) is 28.2 Å². The lowest BCUT2D eigenvalue weighted by Crippen LogP contribution is -2.19. The van der Waals surface area contributed by atoms with E-state index in [9.17, 15) is 9.59 Å². The van der Waals surface area contributed by atoms with Crippen LogP contribution in [0.4, 0.5) is 0 Å². The summed E-state index contributed by atoms with van der Waals surface area (Å²) < 4.78 is 1.59. The molecule has 0 radical (unpaired) electrons. The lowest BCUT2D eigenvalue weighted by molar-refractivity contribution is 0.102. The molecule has 0 unspecified atom stereocenters. The number of hydrogen-bond acceptors (Lipinski definition) is 4. The second-order valence-electron chi connectivity index (χ2n) is 6.81. The second kappa shape index (κ2) is 8.53. The van der Waals surface area contributed by atoms with E-state index in [0.717, 1.165) is 29.3 Å². The predicted molar refractivity (Wildman–Crippen MR) is 116 cm³/mol. The van der Waals surface area contributed by atoms with Crippen LogP contribution < -0.4 is 5.69 Å². The standard InChI is InChI=1S/C22H22N4O2S/c1-2-16-9-6-10-17-18(13-23-20(16)17)19(27)14-29-22-25-24-21(28)26(22)12-11-15-7-4-3-5-8-15/h3-10,13,23H,2,11-12,14H2,1H3,(H,24,28). The van der Waals surface area contributed by atoms with E-state index in [4.69, 9.17) is 0 Å². The van der Waals surface area contributed by atoms with E-state index in [1.165, 1.54) is 17.3 Å². The molecule has 4 aromatic rings. The normalized spacial score (nSPS) is 11.2. The smallest absolute Gasteiger partial charge is 0.343 e. The predicted octanol–water partition coefficient (Wildman–Crippen LogP) is 3.83. The zero-order valence-corrected chi connectivity index (χ0v) is 17.0. The Kier molecular flexibility index (Phi) is 5.67. The van der Waals surface area contributed by atoms with Crippen LogP contribution >= 0.6 is 11.8 Å². The third-order valence-electron chi connectivity index (χ3n) is 5.01. The number of aryl methyl sites for hydroxylation is 2. The lowest BCUT2D eigenvalue weighted by atomic mass is 10.1. The van der Waals surface area contributed by atoms with Gasteiger partial charge in [0.1, 0.15) is 0 Å². The first-order chi connectivity index (χ1) is 14.2. The van der Waals surface area contributed by atoms with Crippen LogP contribution in [-0.2, 0) is 19.4 Å². The lowest BCUT2D eigenvalue weighted by Gasteiger charge is -2.05. The molecular weight excluding hydrogens is 384 g/mol. The molecule has 4 rings (SSSR count). The van der Waals surface area contributed by atoms with Gasteiger partial charge in [0.05, 0.1) is 5.75 Å². The van der Waals surface area contributed by atoms with E-state index in [1.54, 1.807) is 10.8 Å². The molecule has 148 valence electrons. The van der Waals surface area contributed by atoms with Crippen molar-refractivity contribution < 1.29 is 4.79 Å². The Morgan fingerprint density at radius 1 is 1.14 bits per heavy atom. The van der Waals surface area contributed by atoms with Crippen molar-refractivity contribution in [3.63, 3.8) is 0 Å². The maximum absolute atomic E-state index is 12.8. The van der Waals surface area contributed by atoms with E-state index in [-0.39, 0.29) is 17.2 Å². The van der Waals surface area contributed by atoms with Gasteiger partial charge >= 0.3 is 5.69 Å². The highest BCUT2D eigenvalue weighted by Gasteiger charge is 2.16. The number of carbonyl (C=O) groups is 1. The van der Waals surface area contributed by atoms with Crippen molar-refractivity contribution >= 4 is 28.4 Å². The van der Waals surface area contributed by atoms with Gasteiger partial charge < -0.3 is 4.98 Å². The third-order valence-corrected chi connectivity index (χ3v) is 5.98. The molecule has 2 heterocycles. The number of aromatic amines is 2. The summed E-state index contributed by atoms with van der Waals surface area (Å²) in [6.07, 6.45) is 3.41. The van der Waals surface area contributed by atoms with Gasteiger partial charge in [-0.1, -0.05) is 67.2 Å². The average Bonchev–Trinajstić information content (AvgIpc) is 3.34. The molecule has 2 N–H and O–H groups in total. The van der Waals surface area contributed by atoms with E-state index >= 15 is 0 Å². The average molecular weight is 407 g/mol. The van der Waals surface area contributed by atoms with Crippen molar-refractivity contribution in [3.8, 4) is 0 Å². The van der Waals surface area contributed by atoms with Crippen LogP contribution in [-0.4, -0.2) is 31.3 Å². The molecule has 0 aliphatic heterocycles. The highest BCUT2D eigenvalue weighted by atomic mass is 32.2. The zero-order chi connectivity index (χ0) is 20.2. The van der Waals surface area contributed by atoms with Crippen LogP contribution in [0.1, 0.15) is 28.4 Å². The molecule has 0 aliphatic rings. The first-order valence-electron chi connectivity index (χ1n) is 9.61. The Balaban J connectivity index is 1.47. The number of para-hydroxylation sites is 1. The van der Waals surface area contributed by atoms with Gasteiger partial charge in [0.25, 0.3) is 0 Å². The molecule has 0 amide bonds. The molecule has 29 heavy (non-hydrogen) atoms. The molecule has 6 nitrogen and oxygen atoms in total. The quantitative estimate of drug-likeness (QED) is 0.344. The van der Waals surface area contributed by atoms with Crippen LogP contribution in [0.5, 0.6) is 0 Å². The molecule has 0 bridgehead atoms. The third kappa shape index (κ3) is 4.05. The number of carbonyl (C=O) groups excluding carboxylic acids is 1. The molecule has 2 aromatic heterocycles. The van der Waals surface area contributed by atoms with Crippen molar-refractivity contribution in [1.82, 2.24) is 19.7 Å². The minimum atomic E-state index is -0.254. The van der Waals surface area contributed by atoms with Gasteiger partial charge in [-0.25, -0.2) is 9.89 Å². The fraction of sp³-hybridized carbons (Fsp3) is 0.227. The summed E-state index contributed by atoms with van der Waals surface area (Å²) in [5, 5.41) is 8.07. The number of ketones is 1. The van der Waals surface area contributed by atoms with Gasteiger partial charge in [0, 0.05) is 29.2 Å².